The molecule has 2 aliphatic rings. The molecule has 3 N–H and O–H groups in total. The minimum atomic E-state index is -4.04. The third kappa shape index (κ3) is 12.6. The number of cyclic esters (lactones) is 2. The molecule has 56 heavy (non-hydrogen) atoms. The van der Waals surface area contributed by atoms with Crippen LogP contribution in [0.4, 0.5) is 0 Å². The second kappa shape index (κ2) is 19.9. The number of carbonyl (C=O) groups excluding carboxylic acids is 2. The molecular weight excluding hydrogens is 778 g/mol. The van der Waals surface area contributed by atoms with Gasteiger partial charge in [-0.3, -0.25) is 9.13 Å². The number of fused-ring (bicyclic) bond motifs is 2. The third-order valence-electron chi connectivity index (χ3n) is 9.79. The predicted octanol–water partition coefficient (Wildman–Crippen LogP) is 8.65. The van der Waals surface area contributed by atoms with Crippen LogP contribution in [0.2, 0.25) is 25.7 Å². The van der Waals surface area contributed by atoms with E-state index in [0.717, 1.165) is 45.2 Å². The first-order valence-electron chi connectivity index (χ1n) is 18.7. The normalized spacial score (nSPS) is 15.3. The van der Waals surface area contributed by atoms with Crippen LogP contribution in [-0.4, -0.2) is 81.3 Å². The molecule has 0 amide bonds. The first-order valence-corrected chi connectivity index (χ1v) is 26.5. The summed E-state index contributed by atoms with van der Waals surface area (Å²) >= 11 is 0. The zero-order chi connectivity index (χ0) is 42.2. The monoisotopic (exact) mass is 838 g/mol. The van der Waals surface area contributed by atoms with Gasteiger partial charge < -0.3 is 43.1 Å². The number of benzene rings is 2. The number of rotatable bonds is 18. The Bertz CT molecular complexity index is 1940. The molecule has 312 valence electrons. The smallest absolute Gasteiger partial charge is 0.342 e. The van der Waals surface area contributed by atoms with Crippen LogP contribution < -0.4 is 14.2 Å². The summed E-state index contributed by atoms with van der Waals surface area (Å²) < 4.78 is 56.5. The van der Waals surface area contributed by atoms with E-state index in [0.29, 0.717) is 60.4 Å². The molecule has 2 aromatic rings. The van der Waals surface area contributed by atoms with Gasteiger partial charge in [0, 0.05) is 43.2 Å². The molecule has 0 aromatic heterocycles. The van der Waals surface area contributed by atoms with Crippen LogP contribution >= 0.6 is 15.0 Å². The minimum absolute atomic E-state index is 0.112. The van der Waals surface area contributed by atoms with Crippen LogP contribution in [0.5, 0.6) is 23.0 Å². The van der Waals surface area contributed by atoms with Crippen molar-refractivity contribution in [1.29, 1.82) is 0 Å². The van der Waals surface area contributed by atoms with Gasteiger partial charge in [-0.05, 0) is 77.5 Å². The molecule has 2 aliphatic heterocycles. The average Bonchev–Trinajstić information content (AvgIpc) is 3.69. The highest BCUT2D eigenvalue weighted by molar-refractivity contribution is 7.58. The highest BCUT2D eigenvalue weighted by Gasteiger charge is 2.34. The first kappa shape index (κ1) is 47.0. The van der Waals surface area contributed by atoms with Crippen molar-refractivity contribution >= 4 is 35.0 Å². The maximum atomic E-state index is 12.6. The number of phenols is 1. The van der Waals surface area contributed by atoms with Gasteiger partial charge in [0.2, 0.25) is 0 Å². The van der Waals surface area contributed by atoms with Crippen molar-refractivity contribution in [2.75, 3.05) is 46.4 Å². The molecule has 13 nitrogen and oxygen atoms in total. The van der Waals surface area contributed by atoms with Crippen molar-refractivity contribution < 1.29 is 61.8 Å². The van der Waals surface area contributed by atoms with Crippen LogP contribution in [0, 0.1) is 13.8 Å². The summed E-state index contributed by atoms with van der Waals surface area (Å²) in [6, 6.07) is 0.991. The summed E-state index contributed by atoms with van der Waals surface area (Å²) in [5.41, 5.74) is 7.06. The molecule has 0 radical (unpaired) electrons. The number of hydrogen-bond donors (Lipinski definition) is 3. The van der Waals surface area contributed by atoms with E-state index in [1.54, 1.807) is 33.7 Å². The fourth-order valence-corrected chi connectivity index (χ4v) is 9.24. The number of esters is 2. The van der Waals surface area contributed by atoms with Crippen molar-refractivity contribution in [1.82, 2.24) is 0 Å². The van der Waals surface area contributed by atoms with Crippen molar-refractivity contribution in [3.05, 3.63) is 67.8 Å². The second-order valence-corrected chi connectivity index (χ2v) is 25.7. The Hall–Kier alpha value is -3.38. The van der Waals surface area contributed by atoms with Crippen molar-refractivity contribution in [3.8, 4) is 23.0 Å². The Kier molecular flexibility index (Phi) is 16.7. The summed E-state index contributed by atoms with van der Waals surface area (Å²) in [6.45, 7) is 19.4. The van der Waals surface area contributed by atoms with Gasteiger partial charge in [0.15, 0.2) is 7.37 Å². The van der Waals surface area contributed by atoms with Crippen LogP contribution in [-0.2, 0) is 49.2 Å². The van der Waals surface area contributed by atoms with Crippen molar-refractivity contribution in [2.45, 2.75) is 99.2 Å². The molecule has 0 aliphatic carbocycles. The molecule has 1 unspecified atom stereocenters. The second-order valence-electron chi connectivity index (χ2n) is 15.5. The predicted molar refractivity (Wildman–Crippen MR) is 220 cm³/mol. The molecule has 2 heterocycles. The summed E-state index contributed by atoms with van der Waals surface area (Å²) in [5, 5.41) is 10.5. The quantitative estimate of drug-likeness (QED) is 0.0562. The summed E-state index contributed by atoms with van der Waals surface area (Å²) in [7, 11) is -4.78. The maximum absolute atomic E-state index is 12.6. The zero-order valence-corrected chi connectivity index (χ0v) is 37.5. The zero-order valence-electron chi connectivity index (χ0n) is 34.8. The minimum Gasteiger partial charge on any atom is -0.507 e. The number of phenolic OH excluding ortho intramolecular Hbond substituents is 1. The lowest BCUT2D eigenvalue weighted by Crippen LogP contribution is -2.23. The van der Waals surface area contributed by atoms with Gasteiger partial charge in [0.25, 0.3) is 0 Å². The molecule has 1 atom stereocenters. The van der Waals surface area contributed by atoms with Crippen LogP contribution in [0.15, 0.2) is 23.3 Å². The largest absolute Gasteiger partial charge is 0.507 e. The summed E-state index contributed by atoms with van der Waals surface area (Å²) in [6.07, 6.45) is 5.92. The highest BCUT2D eigenvalue weighted by atomic mass is 31.2. The van der Waals surface area contributed by atoms with E-state index in [4.69, 9.17) is 38.0 Å². The Labute approximate surface area is 332 Å². The summed E-state index contributed by atoms with van der Waals surface area (Å²) in [5.74, 6) is 0.765. The SMILES string of the molecule is CCOP(C)(=O)CC/C(C)=C/Cc1c(OC)c(C)c2c(c1OCC[Si](C)(C)C)C(=O)OC2.COc1c(C)c2c(c(O)c1C/C=C(\C)CCP(=O)(O)O)C(=O)OC2. The maximum Gasteiger partial charge on any atom is 0.342 e. The number of methoxy groups -OCH3 is 2. The molecule has 2 aromatic carbocycles. The van der Waals surface area contributed by atoms with Gasteiger partial charge in [-0.2, -0.15) is 0 Å². The lowest BCUT2D eigenvalue weighted by molar-refractivity contribution is 0.0523. The van der Waals surface area contributed by atoms with Crippen LogP contribution in [0.25, 0.3) is 0 Å². The molecule has 0 bridgehead atoms. The van der Waals surface area contributed by atoms with Crippen molar-refractivity contribution in [3.63, 3.8) is 0 Å². The lowest BCUT2D eigenvalue weighted by atomic mass is 9.94. The molecule has 0 saturated heterocycles. The van der Waals surface area contributed by atoms with E-state index in [1.807, 2.05) is 20.8 Å². The van der Waals surface area contributed by atoms with Gasteiger partial charge in [-0.25, -0.2) is 9.59 Å². The van der Waals surface area contributed by atoms with E-state index >= 15 is 0 Å². The van der Waals surface area contributed by atoms with E-state index < -0.39 is 29.0 Å². The first-order chi connectivity index (χ1) is 26.1. The van der Waals surface area contributed by atoms with E-state index in [1.165, 1.54) is 7.11 Å². The molecule has 0 fully saturated rings. The summed E-state index contributed by atoms with van der Waals surface area (Å²) in [4.78, 5) is 42.2. The Morgan fingerprint density at radius 3 is 1.79 bits per heavy atom. The molecule has 0 spiro atoms. The van der Waals surface area contributed by atoms with Crippen LogP contribution in [0.3, 0.4) is 0 Å². The van der Waals surface area contributed by atoms with Gasteiger partial charge >= 0.3 is 19.5 Å². The number of carbonyl (C=O) groups is 2. The molecule has 4 rings (SSSR count). The Morgan fingerprint density at radius 2 is 1.29 bits per heavy atom. The molecule has 16 heteroatoms. The van der Waals surface area contributed by atoms with E-state index in [9.17, 15) is 23.8 Å². The number of allylic oxidation sites excluding steroid dienone is 4. The lowest BCUT2D eigenvalue weighted by Gasteiger charge is -2.21. The van der Waals surface area contributed by atoms with Crippen LogP contribution in [0.1, 0.15) is 87.7 Å². The number of aromatic hydroxyl groups is 1. The van der Waals surface area contributed by atoms with Gasteiger partial charge in [0.1, 0.15) is 47.3 Å². The number of hydrogen-bond acceptors (Lipinski definition) is 11. The van der Waals surface area contributed by atoms with Gasteiger partial charge in [0.05, 0.1) is 33.6 Å². The van der Waals surface area contributed by atoms with Gasteiger partial charge in [-0.1, -0.05) is 42.9 Å². The topological polar surface area (TPSA) is 184 Å². The van der Waals surface area contributed by atoms with E-state index in [-0.39, 0.29) is 49.5 Å². The van der Waals surface area contributed by atoms with Crippen molar-refractivity contribution in [2.24, 2.45) is 0 Å². The Morgan fingerprint density at radius 1 is 0.804 bits per heavy atom. The molecule has 0 saturated carbocycles. The fraction of sp³-hybridized carbons (Fsp3) is 0.550. The molecular formula is C40H60O13P2Si. The fourth-order valence-electron chi connectivity index (χ4n) is 6.45. The average molecular weight is 839 g/mol. The standard InChI is InChI=1S/C24H39O6PSi.C16H21O7P/c1-9-30-31(5,26)14-12-17(2)10-11-19-22(27-4)18(3)20-16-29-24(25)21(20)23(19)28-13-15-32(6,7)8;1-9(6-7-24(19,20)21)4-5-11-14(17)13-12(8-23-16(13)18)10(2)15(11)22-3/h10H,9,11-16H2,1-8H3;4,17H,5-8H2,1-3H3,(H2,19,20,21)/b17-10+;9-4+. The Balaban J connectivity index is 0.000000313. The highest BCUT2D eigenvalue weighted by Crippen LogP contribution is 2.46. The van der Waals surface area contributed by atoms with Gasteiger partial charge in [-0.15, -0.1) is 0 Å². The van der Waals surface area contributed by atoms with E-state index in [2.05, 4.69) is 25.7 Å². The number of ether oxygens (including phenoxy) is 5. The third-order valence-corrected chi connectivity index (χ3v) is 14.1.